The molecule has 3 heteroatoms. The van der Waals surface area contributed by atoms with Crippen LogP contribution in [0, 0.1) is 0 Å². The summed E-state index contributed by atoms with van der Waals surface area (Å²) in [5, 5.41) is 0. The lowest BCUT2D eigenvalue weighted by Crippen LogP contribution is -2.06. The minimum atomic E-state index is -0.389. The van der Waals surface area contributed by atoms with Crippen molar-refractivity contribution in [1.82, 2.24) is 0 Å². The van der Waals surface area contributed by atoms with Crippen molar-refractivity contribution in [2.24, 2.45) is 4.99 Å². The average Bonchev–Trinajstić information content (AvgIpc) is 2.81. The molecule has 0 unspecified atom stereocenters. The number of aliphatic imine (C=N–C) groups is 1. The van der Waals surface area contributed by atoms with Crippen LogP contribution < -0.4 is 0 Å². The first-order chi connectivity index (χ1) is 9.81. The summed E-state index contributed by atoms with van der Waals surface area (Å²) in [5.74, 6) is 0.0585. The van der Waals surface area contributed by atoms with Gasteiger partial charge in [0.05, 0.1) is 0 Å². The number of esters is 1. The van der Waals surface area contributed by atoms with Crippen LogP contribution in [0.5, 0.6) is 0 Å². The number of carbonyl (C=O) groups excluding carboxylic acids is 1. The molecule has 1 aliphatic rings. The van der Waals surface area contributed by atoms with E-state index in [9.17, 15) is 4.79 Å². The molecule has 0 amide bonds. The van der Waals surface area contributed by atoms with Crippen molar-refractivity contribution in [3.05, 3.63) is 77.5 Å². The van der Waals surface area contributed by atoms with Gasteiger partial charge in [-0.05, 0) is 17.2 Å². The van der Waals surface area contributed by atoms with Gasteiger partial charge in [0.1, 0.15) is 0 Å². The van der Waals surface area contributed by atoms with E-state index in [1.165, 1.54) is 0 Å². The zero-order valence-corrected chi connectivity index (χ0v) is 10.8. The molecule has 0 saturated carbocycles. The number of nitrogens with zero attached hydrogens (tertiary/aromatic N) is 1. The normalized spacial score (nSPS) is 16.1. The maximum atomic E-state index is 11.8. The van der Waals surface area contributed by atoms with Crippen LogP contribution in [-0.4, -0.2) is 11.9 Å². The van der Waals surface area contributed by atoms with Gasteiger partial charge >= 0.3 is 5.97 Å². The van der Waals surface area contributed by atoms with Crippen molar-refractivity contribution in [2.45, 2.75) is 6.42 Å². The van der Waals surface area contributed by atoms with Crippen LogP contribution in [0.15, 0.2) is 71.4 Å². The molecule has 0 aromatic heterocycles. The molecule has 2 aromatic rings. The minimum absolute atomic E-state index is 0.349. The molecule has 0 N–H and O–H groups in total. The summed E-state index contributed by atoms with van der Waals surface area (Å²) >= 11 is 0. The molecule has 2 aromatic carbocycles. The fourth-order valence-electron chi connectivity index (χ4n) is 2.01. The third kappa shape index (κ3) is 2.83. The number of rotatable bonds is 3. The Labute approximate surface area is 117 Å². The number of hydrogen-bond acceptors (Lipinski definition) is 3. The summed E-state index contributed by atoms with van der Waals surface area (Å²) in [6.07, 6.45) is 2.26. The second-order valence-electron chi connectivity index (χ2n) is 4.50. The van der Waals surface area contributed by atoms with Gasteiger partial charge in [-0.25, -0.2) is 9.79 Å². The summed E-state index contributed by atoms with van der Waals surface area (Å²) in [6, 6.07) is 19.4. The van der Waals surface area contributed by atoms with E-state index in [2.05, 4.69) is 4.99 Å². The van der Waals surface area contributed by atoms with Crippen molar-refractivity contribution >= 4 is 17.9 Å². The summed E-state index contributed by atoms with van der Waals surface area (Å²) in [7, 11) is 0. The fraction of sp³-hybridized carbons (Fsp3) is 0.0588. The second kappa shape index (κ2) is 5.53. The van der Waals surface area contributed by atoms with E-state index >= 15 is 0 Å². The summed E-state index contributed by atoms with van der Waals surface area (Å²) < 4.78 is 5.19. The predicted molar refractivity (Wildman–Crippen MR) is 78.1 cm³/mol. The molecule has 3 nitrogen and oxygen atoms in total. The predicted octanol–water partition coefficient (Wildman–Crippen LogP) is 3.23. The largest absolute Gasteiger partial charge is 0.406 e. The molecule has 98 valence electrons. The van der Waals surface area contributed by atoms with Crippen molar-refractivity contribution in [3.63, 3.8) is 0 Å². The first-order valence-corrected chi connectivity index (χ1v) is 6.42. The van der Waals surface area contributed by atoms with Crippen LogP contribution in [0.1, 0.15) is 11.1 Å². The fourth-order valence-corrected chi connectivity index (χ4v) is 2.01. The highest BCUT2D eigenvalue weighted by atomic mass is 16.6. The third-order valence-electron chi connectivity index (χ3n) is 2.97. The zero-order valence-electron chi connectivity index (χ0n) is 10.8. The lowest BCUT2D eigenvalue weighted by atomic mass is 10.1. The monoisotopic (exact) mass is 263 g/mol. The average molecular weight is 263 g/mol. The number of ether oxygens (including phenoxy) is 1. The van der Waals surface area contributed by atoms with E-state index in [0.29, 0.717) is 18.0 Å². The molecule has 0 saturated heterocycles. The highest BCUT2D eigenvalue weighted by Crippen LogP contribution is 2.17. The van der Waals surface area contributed by atoms with Gasteiger partial charge in [-0.15, -0.1) is 0 Å². The lowest BCUT2D eigenvalue weighted by Gasteiger charge is -1.98. The molecule has 0 fully saturated rings. The first kappa shape index (κ1) is 12.4. The van der Waals surface area contributed by atoms with E-state index < -0.39 is 0 Å². The van der Waals surface area contributed by atoms with E-state index in [4.69, 9.17) is 4.74 Å². The van der Waals surface area contributed by atoms with Gasteiger partial charge in [0.25, 0.3) is 0 Å². The molecule has 0 radical (unpaired) electrons. The van der Waals surface area contributed by atoms with Gasteiger partial charge in [0.2, 0.25) is 5.90 Å². The molecule has 20 heavy (non-hydrogen) atoms. The molecule has 0 spiro atoms. The van der Waals surface area contributed by atoms with Crippen molar-refractivity contribution in [2.75, 3.05) is 0 Å². The van der Waals surface area contributed by atoms with E-state index in [1.807, 2.05) is 60.7 Å². The van der Waals surface area contributed by atoms with Crippen LogP contribution >= 0.6 is 0 Å². The highest BCUT2D eigenvalue weighted by Gasteiger charge is 2.22. The minimum Gasteiger partial charge on any atom is -0.406 e. The summed E-state index contributed by atoms with van der Waals surface area (Å²) in [6.45, 7) is 0. The molecule has 1 heterocycles. The number of benzene rings is 2. The van der Waals surface area contributed by atoms with Crippen molar-refractivity contribution < 1.29 is 9.53 Å². The van der Waals surface area contributed by atoms with Gasteiger partial charge in [0, 0.05) is 6.42 Å². The molecule has 0 aliphatic carbocycles. The summed E-state index contributed by atoms with van der Waals surface area (Å²) in [5.41, 5.74) is 2.35. The maximum Gasteiger partial charge on any atom is 0.363 e. The Morgan fingerprint density at radius 3 is 2.30 bits per heavy atom. The van der Waals surface area contributed by atoms with Crippen LogP contribution in [-0.2, 0) is 16.0 Å². The molecular weight excluding hydrogens is 250 g/mol. The number of cyclic esters (lactones) is 1. The van der Waals surface area contributed by atoms with Gasteiger partial charge in [-0.2, -0.15) is 0 Å². The Kier molecular flexibility index (Phi) is 3.42. The molecule has 0 atom stereocenters. The molecule has 0 bridgehead atoms. The Morgan fingerprint density at radius 1 is 0.950 bits per heavy atom. The van der Waals surface area contributed by atoms with Gasteiger partial charge < -0.3 is 4.74 Å². The third-order valence-corrected chi connectivity index (χ3v) is 2.97. The van der Waals surface area contributed by atoms with E-state index in [1.54, 1.807) is 6.08 Å². The molecular formula is C17H13NO2. The number of carbonyl (C=O) groups is 1. The van der Waals surface area contributed by atoms with Crippen LogP contribution in [0.3, 0.4) is 0 Å². The standard InChI is InChI=1S/C17H13NO2/c19-17-15(11-13-7-3-1-4-8-13)18-16(20-17)12-14-9-5-2-6-10-14/h1-11H,12H2/b15-11+. The molecule has 1 aliphatic heterocycles. The van der Waals surface area contributed by atoms with Crippen LogP contribution in [0.2, 0.25) is 0 Å². The van der Waals surface area contributed by atoms with Crippen molar-refractivity contribution in [3.8, 4) is 0 Å². The SMILES string of the molecule is O=C1OC(Cc2ccccc2)=N/C1=C/c1ccccc1. The van der Waals surface area contributed by atoms with E-state index in [0.717, 1.165) is 11.1 Å². The summed E-state index contributed by atoms with van der Waals surface area (Å²) in [4.78, 5) is 16.0. The van der Waals surface area contributed by atoms with Crippen molar-refractivity contribution in [1.29, 1.82) is 0 Å². The Balaban J connectivity index is 1.81. The smallest absolute Gasteiger partial charge is 0.363 e. The zero-order chi connectivity index (χ0) is 13.8. The Hall–Kier alpha value is -2.68. The second-order valence-corrected chi connectivity index (χ2v) is 4.50. The van der Waals surface area contributed by atoms with Crippen LogP contribution in [0.4, 0.5) is 0 Å². The first-order valence-electron chi connectivity index (χ1n) is 6.42. The van der Waals surface area contributed by atoms with Gasteiger partial charge in [-0.1, -0.05) is 60.7 Å². The van der Waals surface area contributed by atoms with E-state index in [-0.39, 0.29) is 5.97 Å². The van der Waals surface area contributed by atoms with Gasteiger partial charge in [0.15, 0.2) is 5.70 Å². The van der Waals surface area contributed by atoms with Gasteiger partial charge in [-0.3, -0.25) is 0 Å². The lowest BCUT2D eigenvalue weighted by molar-refractivity contribution is -0.130. The topological polar surface area (TPSA) is 38.7 Å². The molecule has 3 rings (SSSR count). The maximum absolute atomic E-state index is 11.8. The highest BCUT2D eigenvalue weighted by molar-refractivity contribution is 6.07. The quantitative estimate of drug-likeness (QED) is 0.630. The number of hydrogen-bond donors (Lipinski definition) is 0. The Bertz CT molecular complexity index is 673. The van der Waals surface area contributed by atoms with Crippen LogP contribution in [0.25, 0.3) is 6.08 Å². The Morgan fingerprint density at radius 2 is 1.60 bits per heavy atom.